The van der Waals surface area contributed by atoms with Crippen LogP contribution in [0, 0.1) is 5.82 Å². The zero-order valence-corrected chi connectivity index (χ0v) is 10.9. The fourth-order valence-electron chi connectivity index (χ4n) is 2.17. The molecule has 0 aliphatic heterocycles. The fraction of sp³-hybridized carbons (Fsp3) is 0.250. The number of hydrogen-bond donors (Lipinski definition) is 2. The van der Waals surface area contributed by atoms with Crippen LogP contribution in [0.15, 0.2) is 42.5 Å². The molecule has 0 radical (unpaired) electrons. The predicted molar refractivity (Wildman–Crippen MR) is 75.3 cm³/mol. The number of aryl methyl sites for hydroxylation is 1. The van der Waals surface area contributed by atoms with Crippen molar-refractivity contribution < 1.29 is 9.50 Å². The lowest BCUT2D eigenvalue weighted by Gasteiger charge is -2.15. The molecule has 3 N–H and O–H groups in total. The van der Waals surface area contributed by atoms with E-state index in [1.54, 1.807) is 0 Å². The van der Waals surface area contributed by atoms with Gasteiger partial charge in [-0.2, -0.15) is 0 Å². The van der Waals surface area contributed by atoms with Crippen LogP contribution in [-0.4, -0.2) is 5.11 Å². The summed E-state index contributed by atoms with van der Waals surface area (Å²) in [6.45, 7) is 2.10. The van der Waals surface area contributed by atoms with E-state index in [0.29, 0.717) is 11.3 Å². The summed E-state index contributed by atoms with van der Waals surface area (Å²) >= 11 is 0. The average Bonchev–Trinajstić information content (AvgIpc) is 2.41. The molecule has 0 saturated heterocycles. The van der Waals surface area contributed by atoms with Crippen LogP contribution < -0.4 is 5.73 Å². The topological polar surface area (TPSA) is 46.2 Å². The molecule has 0 fully saturated rings. The molecule has 0 amide bonds. The molecule has 0 aromatic heterocycles. The van der Waals surface area contributed by atoms with E-state index in [2.05, 4.69) is 6.92 Å². The third-order valence-corrected chi connectivity index (χ3v) is 3.15. The van der Waals surface area contributed by atoms with Crippen molar-refractivity contribution in [1.29, 1.82) is 0 Å². The van der Waals surface area contributed by atoms with E-state index in [4.69, 9.17) is 5.73 Å². The normalized spacial score (nSPS) is 12.4. The molecule has 2 aromatic carbocycles. The average molecular weight is 259 g/mol. The van der Waals surface area contributed by atoms with Gasteiger partial charge in [0.05, 0.1) is 0 Å². The van der Waals surface area contributed by atoms with Gasteiger partial charge < -0.3 is 10.8 Å². The van der Waals surface area contributed by atoms with Gasteiger partial charge in [0.15, 0.2) is 0 Å². The van der Waals surface area contributed by atoms with Crippen LogP contribution in [0.1, 0.15) is 36.1 Å². The summed E-state index contributed by atoms with van der Waals surface area (Å²) in [5, 5.41) is 10.3. The van der Waals surface area contributed by atoms with Crippen LogP contribution in [0.2, 0.25) is 0 Å². The predicted octanol–water partition coefficient (Wildman–Crippen LogP) is 3.44. The van der Waals surface area contributed by atoms with E-state index in [1.165, 1.54) is 18.2 Å². The molecule has 2 nitrogen and oxygen atoms in total. The first-order valence-corrected chi connectivity index (χ1v) is 6.43. The maximum absolute atomic E-state index is 13.3. The van der Waals surface area contributed by atoms with E-state index < -0.39 is 11.9 Å². The lowest BCUT2D eigenvalue weighted by Crippen LogP contribution is -2.05. The van der Waals surface area contributed by atoms with Crippen LogP contribution in [0.25, 0.3) is 0 Å². The minimum Gasteiger partial charge on any atom is -0.398 e. The molecule has 0 aliphatic carbocycles. The molecule has 100 valence electrons. The Morgan fingerprint density at radius 2 is 2.00 bits per heavy atom. The van der Waals surface area contributed by atoms with E-state index in [-0.39, 0.29) is 0 Å². The molecular formula is C16H18FNO. The number of anilines is 1. The zero-order valence-electron chi connectivity index (χ0n) is 10.9. The first-order chi connectivity index (χ1) is 9.11. The Kier molecular flexibility index (Phi) is 4.17. The molecule has 3 heteroatoms. The van der Waals surface area contributed by atoms with Gasteiger partial charge >= 0.3 is 0 Å². The molecule has 0 spiro atoms. The Hall–Kier alpha value is -1.87. The van der Waals surface area contributed by atoms with E-state index in [1.807, 2.05) is 24.3 Å². The highest BCUT2D eigenvalue weighted by Crippen LogP contribution is 2.28. The Balaban J connectivity index is 2.35. The van der Waals surface area contributed by atoms with Gasteiger partial charge in [-0.3, -0.25) is 0 Å². The van der Waals surface area contributed by atoms with Crippen LogP contribution in [0.4, 0.5) is 10.1 Å². The van der Waals surface area contributed by atoms with Crippen molar-refractivity contribution >= 4 is 5.69 Å². The van der Waals surface area contributed by atoms with E-state index in [0.717, 1.165) is 24.0 Å². The minimum atomic E-state index is -0.896. The molecule has 2 rings (SSSR count). The summed E-state index contributed by atoms with van der Waals surface area (Å²) in [7, 11) is 0. The molecular weight excluding hydrogens is 241 g/mol. The molecule has 1 unspecified atom stereocenters. The summed E-state index contributed by atoms with van der Waals surface area (Å²) < 4.78 is 13.3. The van der Waals surface area contributed by atoms with Crippen molar-refractivity contribution in [2.75, 3.05) is 5.73 Å². The number of nitrogen functional groups attached to an aromatic ring is 1. The van der Waals surface area contributed by atoms with Crippen molar-refractivity contribution in [1.82, 2.24) is 0 Å². The zero-order chi connectivity index (χ0) is 13.8. The Morgan fingerprint density at radius 1 is 1.21 bits per heavy atom. The molecule has 2 aromatic rings. The monoisotopic (exact) mass is 259 g/mol. The third-order valence-electron chi connectivity index (χ3n) is 3.15. The second-order valence-electron chi connectivity index (χ2n) is 4.67. The van der Waals surface area contributed by atoms with Crippen LogP contribution in [-0.2, 0) is 6.42 Å². The van der Waals surface area contributed by atoms with E-state index >= 15 is 0 Å². The molecule has 19 heavy (non-hydrogen) atoms. The van der Waals surface area contributed by atoms with Gasteiger partial charge in [-0.05, 0) is 35.7 Å². The minimum absolute atomic E-state index is 0.395. The number of halogens is 1. The van der Waals surface area contributed by atoms with Crippen LogP contribution >= 0.6 is 0 Å². The Bertz CT molecular complexity index is 568. The van der Waals surface area contributed by atoms with Crippen molar-refractivity contribution in [2.45, 2.75) is 25.9 Å². The number of aliphatic hydroxyl groups excluding tert-OH is 1. The molecule has 0 saturated carbocycles. The largest absolute Gasteiger partial charge is 0.398 e. The molecule has 0 bridgehead atoms. The van der Waals surface area contributed by atoms with Crippen LogP contribution in [0.3, 0.4) is 0 Å². The maximum Gasteiger partial charge on any atom is 0.123 e. The van der Waals surface area contributed by atoms with E-state index in [9.17, 15) is 9.50 Å². The number of aliphatic hydroxyl groups is 1. The van der Waals surface area contributed by atoms with Gasteiger partial charge in [0.25, 0.3) is 0 Å². The smallest absolute Gasteiger partial charge is 0.123 e. The number of benzene rings is 2. The lowest BCUT2D eigenvalue weighted by molar-refractivity contribution is 0.220. The lowest BCUT2D eigenvalue weighted by atomic mass is 9.97. The Labute approximate surface area is 112 Å². The summed E-state index contributed by atoms with van der Waals surface area (Å²) in [5.41, 5.74) is 8.51. The molecule has 0 heterocycles. The van der Waals surface area contributed by atoms with Crippen molar-refractivity contribution in [2.24, 2.45) is 0 Å². The van der Waals surface area contributed by atoms with Crippen molar-refractivity contribution in [3.8, 4) is 0 Å². The van der Waals surface area contributed by atoms with Gasteiger partial charge in [0.1, 0.15) is 11.9 Å². The number of nitrogens with two attached hydrogens (primary N) is 1. The molecule has 1 atom stereocenters. The first-order valence-electron chi connectivity index (χ1n) is 6.43. The first kappa shape index (κ1) is 13.6. The number of hydrogen-bond acceptors (Lipinski definition) is 2. The van der Waals surface area contributed by atoms with Gasteiger partial charge in [-0.25, -0.2) is 4.39 Å². The van der Waals surface area contributed by atoms with Crippen LogP contribution in [0.5, 0.6) is 0 Å². The second kappa shape index (κ2) is 5.85. The third kappa shape index (κ3) is 3.12. The maximum atomic E-state index is 13.3. The second-order valence-corrected chi connectivity index (χ2v) is 4.67. The summed E-state index contributed by atoms with van der Waals surface area (Å²) in [6, 6.07) is 11.7. The van der Waals surface area contributed by atoms with Gasteiger partial charge in [-0.15, -0.1) is 0 Å². The van der Waals surface area contributed by atoms with Gasteiger partial charge in [0.2, 0.25) is 0 Å². The van der Waals surface area contributed by atoms with Crippen molar-refractivity contribution in [3.63, 3.8) is 0 Å². The Morgan fingerprint density at radius 3 is 2.74 bits per heavy atom. The van der Waals surface area contributed by atoms with Gasteiger partial charge in [-0.1, -0.05) is 37.6 Å². The highest BCUT2D eigenvalue weighted by Gasteiger charge is 2.14. The summed E-state index contributed by atoms with van der Waals surface area (Å²) in [5.74, 6) is -0.395. The van der Waals surface area contributed by atoms with Gasteiger partial charge in [0, 0.05) is 11.3 Å². The molecule has 0 aliphatic rings. The quantitative estimate of drug-likeness (QED) is 0.826. The standard InChI is InChI=1S/C16H18FNO/c1-2-4-11-5-3-6-12(9-11)16(19)14-10-13(17)7-8-15(14)18/h3,5-10,16,19H,2,4,18H2,1H3. The summed E-state index contributed by atoms with van der Waals surface area (Å²) in [6.07, 6.45) is 1.11. The SMILES string of the molecule is CCCc1cccc(C(O)c2cc(F)ccc2N)c1. The van der Waals surface area contributed by atoms with Crippen molar-refractivity contribution in [3.05, 3.63) is 65.0 Å². The highest BCUT2D eigenvalue weighted by molar-refractivity contribution is 5.50. The number of rotatable bonds is 4. The summed E-state index contributed by atoms with van der Waals surface area (Å²) in [4.78, 5) is 0. The highest BCUT2D eigenvalue weighted by atomic mass is 19.1. The fourth-order valence-corrected chi connectivity index (χ4v) is 2.17.